The highest BCUT2D eigenvalue weighted by Crippen LogP contribution is 2.24. The molecule has 18 heavy (non-hydrogen) atoms. The number of hydrogen-bond acceptors (Lipinski definition) is 2. The van der Waals surface area contributed by atoms with Crippen molar-refractivity contribution in [2.45, 2.75) is 0 Å². The van der Waals surface area contributed by atoms with Gasteiger partial charge in [-0.05, 0) is 24.3 Å². The molecule has 2 aromatic carbocycles. The zero-order chi connectivity index (χ0) is 12.5. The molecule has 0 atom stereocenters. The second kappa shape index (κ2) is 4.28. The Labute approximate surface area is 112 Å². The van der Waals surface area contributed by atoms with E-state index in [2.05, 4.69) is 32.0 Å². The van der Waals surface area contributed by atoms with Crippen LogP contribution in [0.15, 0.2) is 46.9 Å². The highest BCUT2D eigenvalue weighted by atomic mass is 79.9. The summed E-state index contributed by atoms with van der Waals surface area (Å²) in [6, 6.07) is 15.6. The van der Waals surface area contributed by atoms with Crippen molar-refractivity contribution in [2.75, 3.05) is 0 Å². The van der Waals surface area contributed by atoms with Crippen LogP contribution in [0, 0.1) is 11.3 Å². The molecule has 0 spiro atoms. The van der Waals surface area contributed by atoms with Crippen LogP contribution in [-0.4, -0.2) is 9.97 Å². The Kier molecular flexibility index (Phi) is 2.62. The predicted octanol–water partition coefficient (Wildman–Crippen LogP) is 3.86. The van der Waals surface area contributed by atoms with Crippen LogP contribution in [0.2, 0.25) is 0 Å². The van der Waals surface area contributed by atoms with E-state index in [-0.39, 0.29) is 0 Å². The second-order valence-electron chi connectivity index (χ2n) is 3.91. The van der Waals surface area contributed by atoms with Crippen LogP contribution in [0.3, 0.4) is 0 Å². The average Bonchev–Trinajstić information content (AvgIpc) is 2.82. The number of para-hydroxylation sites is 1. The highest BCUT2D eigenvalue weighted by molar-refractivity contribution is 9.10. The van der Waals surface area contributed by atoms with Crippen LogP contribution in [0.4, 0.5) is 0 Å². The number of imidazole rings is 1. The molecule has 3 rings (SSSR count). The number of hydrogen-bond donors (Lipinski definition) is 1. The summed E-state index contributed by atoms with van der Waals surface area (Å²) in [5.41, 5.74) is 3.17. The van der Waals surface area contributed by atoms with Gasteiger partial charge >= 0.3 is 0 Å². The molecule has 0 amide bonds. The van der Waals surface area contributed by atoms with Crippen LogP contribution in [0.1, 0.15) is 5.56 Å². The van der Waals surface area contributed by atoms with Gasteiger partial charge in [0.05, 0.1) is 11.1 Å². The number of aromatic nitrogens is 2. The molecule has 0 bridgehead atoms. The van der Waals surface area contributed by atoms with Crippen LogP contribution in [0.25, 0.3) is 22.4 Å². The van der Waals surface area contributed by atoms with E-state index in [1.807, 2.05) is 36.4 Å². The number of rotatable bonds is 1. The maximum Gasteiger partial charge on any atom is 0.138 e. The number of nitrogens with one attached hydrogen (secondary N) is 1. The molecular formula is C14H8BrN3. The van der Waals surface area contributed by atoms with E-state index in [1.54, 1.807) is 6.07 Å². The van der Waals surface area contributed by atoms with Crippen molar-refractivity contribution in [1.29, 1.82) is 5.26 Å². The summed E-state index contributed by atoms with van der Waals surface area (Å²) in [5, 5.41) is 9.05. The van der Waals surface area contributed by atoms with E-state index >= 15 is 0 Å². The number of benzene rings is 2. The van der Waals surface area contributed by atoms with E-state index in [0.29, 0.717) is 5.56 Å². The van der Waals surface area contributed by atoms with Crippen LogP contribution >= 0.6 is 15.9 Å². The summed E-state index contributed by atoms with van der Waals surface area (Å²) in [7, 11) is 0. The van der Waals surface area contributed by atoms with Crippen molar-refractivity contribution in [3.05, 3.63) is 52.5 Å². The fourth-order valence-corrected chi connectivity index (χ4v) is 2.29. The van der Waals surface area contributed by atoms with Gasteiger partial charge in [-0.3, -0.25) is 0 Å². The maximum absolute atomic E-state index is 9.05. The van der Waals surface area contributed by atoms with Gasteiger partial charge in [0, 0.05) is 10.0 Å². The largest absolute Gasteiger partial charge is 0.338 e. The van der Waals surface area contributed by atoms with E-state index in [1.165, 1.54) is 0 Å². The molecule has 0 aliphatic carbocycles. The van der Waals surface area contributed by atoms with Gasteiger partial charge in [-0.1, -0.05) is 34.1 Å². The zero-order valence-electron chi connectivity index (χ0n) is 9.31. The van der Waals surface area contributed by atoms with E-state index < -0.39 is 0 Å². The Bertz CT molecular complexity index is 768. The summed E-state index contributed by atoms with van der Waals surface area (Å²) in [5.74, 6) is 0.772. The number of nitriles is 1. The second-order valence-corrected chi connectivity index (χ2v) is 4.82. The minimum Gasteiger partial charge on any atom is -0.338 e. The molecule has 0 unspecified atom stereocenters. The topological polar surface area (TPSA) is 52.5 Å². The normalized spacial score (nSPS) is 10.4. The van der Waals surface area contributed by atoms with Crippen LogP contribution < -0.4 is 0 Å². The van der Waals surface area contributed by atoms with Gasteiger partial charge in [-0.15, -0.1) is 0 Å². The Morgan fingerprint density at radius 2 is 2.00 bits per heavy atom. The summed E-state index contributed by atoms with van der Waals surface area (Å²) >= 11 is 3.44. The zero-order valence-corrected chi connectivity index (χ0v) is 10.9. The monoisotopic (exact) mass is 297 g/mol. The Morgan fingerprint density at radius 1 is 1.17 bits per heavy atom. The summed E-state index contributed by atoms with van der Waals surface area (Å²) in [4.78, 5) is 7.73. The molecule has 1 N–H and O–H groups in total. The fourth-order valence-electron chi connectivity index (χ4n) is 1.89. The predicted molar refractivity (Wildman–Crippen MR) is 73.9 cm³/mol. The van der Waals surface area contributed by atoms with Gasteiger partial charge in [0.2, 0.25) is 0 Å². The third kappa shape index (κ3) is 1.79. The van der Waals surface area contributed by atoms with Crippen LogP contribution in [-0.2, 0) is 0 Å². The number of halogens is 1. The Morgan fingerprint density at radius 3 is 2.78 bits per heavy atom. The van der Waals surface area contributed by atoms with E-state index in [0.717, 1.165) is 26.9 Å². The molecule has 0 aliphatic heterocycles. The van der Waals surface area contributed by atoms with E-state index in [4.69, 9.17) is 5.26 Å². The number of fused-ring (bicyclic) bond motifs is 1. The number of aromatic amines is 1. The molecule has 0 fully saturated rings. The number of H-pyrrole nitrogens is 1. The first kappa shape index (κ1) is 11.0. The minimum absolute atomic E-state index is 0.588. The Balaban J connectivity index is 2.23. The first-order valence-electron chi connectivity index (χ1n) is 5.43. The van der Waals surface area contributed by atoms with Crippen molar-refractivity contribution in [2.24, 2.45) is 0 Å². The minimum atomic E-state index is 0.588. The first-order chi connectivity index (χ1) is 8.78. The van der Waals surface area contributed by atoms with Gasteiger partial charge < -0.3 is 4.98 Å². The third-order valence-corrected chi connectivity index (χ3v) is 3.22. The van der Waals surface area contributed by atoms with E-state index in [9.17, 15) is 0 Å². The molecule has 0 saturated carbocycles. The molecule has 0 aliphatic rings. The van der Waals surface area contributed by atoms with Crippen molar-refractivity contribution < 1.29 is 0 Å². The first-order valence-corrected chi connectivity index (χ1v) is 6.22. The van der Waals surface area contributed by atoms with Gasteiger partial charge in [0.15, 0.2) is 0 Å². The van der Waals surface area contributed by atoms with Gasteiger partial charge in [-0.25, -0.2) is 4.98 Å². The van der Waals surface area contributed by atoms with Gasteiger partial charge in [0.25, 0.3) is 0 Å². The van der Waals surface area contributed by atoms with Crippen molar-refractivity contribution in [1.82, 2.24) is 9.97 Å². The highest BCUT2D eigenvalue weighted by Gasteiger charge is 2.08. The van der Waals surface area contributed by atoms with Gasteiger partial charge in [0.1, 0.15) is 17.4 Å². The van der Waals surface area contributed by atoms with Crippen molar-refractivity contribution >= 4 is 27.0 Å². The standard InChI is InChI=1S/C14H8BrN3/c15-11-5-1-3-9(7-11)14-17-12-6-2-4-10(8-16)13(12)18-14/h1-7H,(H,17,18). The maximum atomic E-state index is 9.05. The molecule has 1 heterocycles. The molecule has 1 aromatic heterocycles. The molecule has 0 radical (unpaired) electrons. The lowest BCUT2D eigenvalue weighted by molar-refractivity contribution is 1.33. The smallest absolute Gasteiger partial charge is 0.138 e. The lowest BCUT2D eigenvalue weighted by Crippen LogP contribution is -1.80. The molecule has 3 aromatic rings. The van der Waals surface area contributed by atoms with Gasteiger partial charge in [-0.2, -0.15) is 5.26 Å². The summed E-state index contributed by atoms with van der Waals surface area (Å²) in [6.45, 7) is 0. The Hall–Kier alpha value is -2.12. The fraction of sp³-hybridized carbons (Fsp3) is 0. The molecule has 86 valence electrons. The van der Waals surface area contributed by atoms with Crippen molar-refractivity contribution in [3.63, 3.8) is 0 Å². The molecule has 4 heteroatoms. The van der Waals surface area contributed by atoms with Crippen LogP contribution in [0.5, 0.6) is 0 Å². The van der Waals surface area contributed by atoms with Crippen molar-refractivity contribution in [3.8, 4) is 17.5 Å². The molecule has 3 nitrogen and oxygen atoms in total. The third-order valence-electron chi connectivity index (χ3n) is 2.73. The summed E-state index contributed by atoms with van der Waals surface area (Å²) in [6.07, 6.45) is 0. The molecule has 0 saturated heterocycles. The molecular weight excluding hydrogens is 290 g/mol. The number of nitrogens with zero attached hydrogens (tertiary/aromatic N) is 2. The SMILES string of the molecule is N#Cc1cccc2[nH]c(-c3cccc(Br)c3)nc12. The summed E-state index contributed by atoms with van der Waals surface area (Å²) < 4.78 is 1.00. The lowest BCUT2D eigenvalue weighted by Gasteiger charge is -1.96. The quantitative estimate of drug-likeness (QED) is 0.741. The lowest BCUT2D eigenvalue weighted by atomic mass is 10.2. The average molecular weight is 298 g/mol.